The van der Waals surface area contributed by atoms with Gasteiger partial charge in [0.1, 0.15) is 0 Å². The minimum atomic E-state index is -4.78. The number of nitrogens with one attached hydrogen (secondary N) is 2. The van der Waals surface area contributed by atoms with E-state index in [9.17, 15) is 22.8 Å². The fourth-order valence-corrected chi connectivity index (χ4v) is 3.92. The van der Waals surface area contributed by atoms with Crippen LogP contribution in [0.3, 0.4) is 0 Å². The lowest BCUT2D eigenvalue weighted by Crippen LogP contribution is -2.18. The number of carbonyl (C=O) groups is 2. The Morgan fingerprint density at radius 2 is 1.67 bits per heavy atom. The van der Waals surface area contributed by atoms with Gasteiger partial charge in [0.05, 0.1) is 11.4 Å². The second-order valence-electron chi connectivity index (χ2n) is 8.35. The molecule has 198 valence electrons. The summed E-state index contributed by atoms with van der Waals surface area (Å²) in [5, 5.41) is 13.7. The molecule has 0 aliphatic heterocycles. The van der Waals surface area contributed by atoms with Gasteiger partial charge in [0, 0.05) is 35.1 Å². The summed E-state index contributed by atoms with van der Waals surface area (Å²) in [6.07, 6.45) is -3.33. The Bertz CT molecular complexity index is 1680. The molecule has 0 fully saturated rings. The van der Waals surface area contributed by atoms with Gasteiger partial charge in [-0.2, -0.15) is 23.4 Å². The maximum absolute atomic E-state index is 13.9. The third kappa shape index (κ3) is 5.46. The van der Waals surface area contributed by atoms with Crippen molar-refractivity contribution < 1.29 is 22.8 Å². The van der Waals surface area contributed by atoms with Gasteiger partial charge in [-0.15, -0.1) is 0 Å². The fraction of sp³-hybridized carbons (Fsp3) is 0.115. The van der Waals surface area contributed by atoms with Gasteiger partial charge in [-0.25, -0.2) is 9.50 Å². The van der Waals surface area contributed by atoms with Crippen molar-refractivity contribution in [1.29, 1.82) is 0 Å². The van der Waals surface area contributed by atoms with Crippen LogP contribution in [-0.2, 0) is 12.7 Å². The highest BCUT2D eigenvalue weighted by atomic mass is 35.5. The van der Waals surface area contributed by atoms with Crippen LogP contribution in [0.25, 0.3) is 16.9 Å². The summed E-state index contributed by atoms with van der Waals surface area (Å²) in [6.45, 7) is 2.20. The first-order chi connectivity index (χ1) is 18.6. The third-order valence-electron chi connectivity index (χ3n) is 5.67. The number of fused-ring (bicyclic) bond motifs is 1. The van der Waals surface area contributed by atoms with Crippen molar-refractivity contribution in [3.63, 3.8) is 0 Å². The van der Waals surface area contributed by atoms with E-state index in [0.717, 1.165) is 12.1 Å². The van der Waals surface area contributed by atoms with Crippen molar-refractivity contribution in [2.24, 2.45) is 0 Å². The molecule has 9 nitrogen and oxygen atoms in total. The molecule has 2 N–H and O–H groups in total. The fourth-order valence-electron chi connectivity index (χ4n) is 3.80. The second-order valence-corrected chi connectivity index (χ2v) is 8.79. The lowest BCUT2D eigenvalue weighted by atomic mass is 10.1. The topological polar surface area (TPSA) is 106 Å². The maximum atomic E-state index is 13.9. The molecule has 0 atom stereocenters. The Morgan fingerprint density at radius 3 is 2.33 bits per heavy atom. The predicted molar refractivity (Wildman–Crippen MR) is 139 cm³/mol. The number of halogens is 4. The van der Waals surface area contributed by atoms with Crippen LogP contribution in [0.4, 0.5) is 24.5 Å². The van der Waals surface area contributed by atoms with Gasteiger partial charge >= 0.3 is 6.18 Å². The SMILES string of the molecule is CCn1cc(NC(=O)c2cc3nc(-c4ccc(Cl)cc4)cc(C(F)(F)F)n3n2)c(C(=O)Nc2ccccc2)n1. The normalized spacial score (nSPS) is 11.5. The number of hydrogen-bond donors (Lipinski definition) is 2. The Morgan fingerprint density at radius 1 is 0.949 bits per heavy atom. The average molecular weight is 554 g/mol. The van der Waals surface area contributed by atoms with Crippen molar-refractivity contribution in [2.75, 3.05) is 10.6 Å². The molecule has 2 aromatic carbocycles. The van der Waals surface area contributed by atoms with Crippen LogP contribution in [-0.4, -0.2) is 36.2 Å². The summed E-state index contributed by atoms with van der Waals surface area (Å²) >= 11 is 5.89. The number of alkyl halides is 3. The number of rotatable bonds is 6. The lowest BCUT2D eigenvalue weighted by Gasteiger charge is -2.11. The highest BCUT2D eigenvalue weighted by Gasteiger charge is 2.36. The first-order valence-corrected chi connectivity index (χ1v) is 12.0. The number of benzene rings is 2. The molecule has 0 aliphatic rings. The summed E-state index contributed by atoms with van der Waals surface area (Å²) in [5.41, 5.74) is -0.684. The van der Waals surface area contributed by atoms with E-state index in [2.05, 4.69) is 25.8 Å². The van der Waals surface area contributed by atoms with Gasteiger partial charge in [0.15, 0.2) is 22.7 Å². The number of para-hydroxylation sites is 1. The molecule has 5 rings (SSSR count). The van der Waals surface area contributed by atoms with E-state index in [1.165, 1.54) is 23.0 Å². The molecular weight excluding hydrogens is 535 g/mol. The Balaban J connectivity index is 1.49. The van der Waals surface area contributed by atoms with E-state index in [1.807, 2.05) is 0 Å². The van der Waals surface area contributed by atoms with E-state index in [1.54, 1.807) is 49.4 Å². The first kappa shape index (κ1) is 25.9. The molecule has 0 aliphatic carbocycles. The molecule has 0 saturated heterocycles. The summed E-state index contributed by atoms with van der Waals surface area (Å²) in [6, 6.07) is 16.8. The van der Waals surface area contributed by atoms with E-state index >= 15 is 0 Å². The number of amides is 2. The van der Waals surface area contributed by atoms with Crippen molar-refractivity contribution in [3.05, 3.63) is 95.0 Å². The first-order valence-electron chi connectivity index (χ1n) is 11.6. The number of anilines is 2. The molecule has 3 heterocycles. The van der Waals surface area contributed by atoms with Gasteiger partial charge in [-0.1, -0.05) is 41.9 Å². The number of aromatic nitrogens is 5. The van der Waals surface area contributed by atoms with Gasteiger partial charge in [0.2, 0.25) is 0 Å². The van der Waals surface area contributed by atoms with Crippen LogP contribution >= 0.6 is 11.6 Å². The van der Waals surface area contributed by atoms with Crippen molar-refractivity contribution in [3.8, 4) is 11.3 Å². The number of hydrogen-bond acceptors (Lipinski definition) is 5. The highest BCUT2D eigenvalue weighted by Crippen LogP contribution is 2.32. The minimum absolute atomic E-state index is 0.0300. The summed E-state index contributed by atoms with van der Waals surface area (Å²) in [7, 11) is 0. The molecule has 0 saturated carbocycles. The smallest absolute Gasteiger partial charge is 0.321 e. The molecule has 0 unspecified atom stereocenters. The third-order valence-corrected chi connectivity index (χ3v) is 5.92. The average Bonchev–Trinajstić information content (AvgIpc) is 3.53. The number of nitrogens with zero attached hydrogens (tertiary/aromatic N) is 5. The summed E-state index contributed by atoms with van der Waals surface area (Å²) < 4.78 is 43.8. The Labute approximate surface area is 224 Å². The monoisotopic (exact) mass is 553 g/mol. The van der Waals surface area contributed by atoms with Gasteiger partial charge < -0.3 is 10.6 Å². The molecule has 2 amide bonds. The van der Waals surface area contributed by atoms with Crippen LogP contribution in [0, 0.1) is 0 Å². The van der Waals surface area contributed by atoms with Crippen molar-refractivity contribution in [2.45, 2.75) is 19.6 Å². The van der Waals surface area contributed by atoms with Crippen LogP contribution < -0.4 is 10.6 Å². The maximum Gasteiger partial charge on any atom is 0.433 e. The molecule has 5 aromatic rings. The Kier molecular flexibility index (Phi) is 6.79. The molecule has 3 aromatic heterocycles. The van der Waals surface area contributed by atoms with Crippen molar-refractivity contribution >= 4 is 40.4 Å². The van der Waals surface area contributed by atoms with Crippen LogP contribution in [0.1, 0.15) is 33.6 Å². The lowest BCUT2D eigenvalue weighted by molar-refractivity contribution is -0.142. The summed E-state index contributed by atoms with van der Waals surface area (Å²) in [4.78, 5) is 30.2. The zero-order valence-electron chi connectivity index (χ0n) is 20.2. The van der Waals surface area contributed by atoms with Crippen LogP contribution in [0.15, 0.2) is 72.9 Å². The minimum Gasteiger partial charge on any atom is -0.321 e. The number of aryl methyl sites for hydroxylation is 1. The zero-order valence-corrected chi connectivity index (χ0v) is 21.0. The van der Waals surface area contributed by atoms with Crippen molar-refractivity contribution in [1.82, 2.24) is 24.4 Å². The quantitative estimate of drug-likeness (QED) is 0.277. The van der Waals surface area contributed by atoms with Gasteiger partial charge in [-0.3, -0.25) is 14.3 Å². The molecule has 0 bridgehead atoms. The van der Waals surface area contributed by atoms with Crippen LogP contribution in [0.5, 0.6) is 0 Å². The number of carbonyl (C=O) groups excluding carboxylic acids is 2. The predicted octanol–water partition coefficient (Wildman–Crippen LogP) is 5.79. The van der Waals surface area contributed by atoms with Gasteiger partial charge in [0.25, 0.3) is 11.8 Å². The standard InChI is InChI=1S/C26H19ClF3N7O2/c1-2-36-14-20(23(35-36)25(39)31-17-6-4-3-5-7-17)33-24(38)19-13-22-32-18(15-8-10-16(27)11-9-15)12-21(26(28,29)30)37(22)34-19/h3-14H,2H2,1H3,(H,31,39)(H,33,38). The highest BCUT2D eigenvalue weighted by molar-refractivity contribution is 6.30. The summed E-state index contributed by atoms with van der Waals surface area (Å²) in [5.74, 6) is -1.42. The zero-order chi connectivity index (χ0) is 27.7. The van der Waals surface area contributed by atoms with E-state index in [4.69, 9.17) is 11.6 Å². The molecular formula is C26H19ClF3N7O2. The molecule has 0 radical (unpaired) electrons. The molecule has 0 spiro atoms. The molecule has 39 heavy (non-hydrogen) atoms. The van der Waals surface area contributed by atoms with E-state index < -0.39 is 23.7 Å². The van der Waals surface area contributed by atoms with Crippen LogP contribution in [0.2, 0.25) is 5.02 Å². The van der Waals surface area contributed by atoms with E-state index in [0.29, 0.717) is 27.3 Å². The Hall–Kier alpha value is -4.71. The van der Waals surface area contributed by atoms with E-state index in [-0.39, 0.29) is 28.4 Å². The largest absolute Gasteiger partial charge is 0.433 e. The van der Waals surface area contributed by atoms with Gasteiger partial charge in [-0.05, 0) is 37.3 Å². The molecule has 13 heteroatoms. The second kappa shape index (κ2) is 10.2.